The molecule has 0 radical (unpaired) electrons. The van der Waals surface area contributed by atoms with Crippen LogP contribution in [0.3, 0.4) is 0 Å². The molecule has 0 aromatic heterocycles. The van der Waals surface area contributed by atoms with Crippen molar-refractivity contribution in [3.63, 3.8) is 0 Å². The minimum atomic E-state index is -0.395. The van der Waals surface area contributed by atoms with Crippen molar-refractivity contribution in [3.05, 3.63) is 33.3 Å². The number of methoxy groups -OCH3 is 1. The fourth-order valence-corrected chi connectivity index (χ4v) is 2.90. The van der Waals surface area contributed by atoms with E-state index in [0.717, 1.165) is 25.7 Å². The maximum absolute atomic E-state index is 11.1. The Morgan fingerprint density at radius 2 is 2.23 bits per heavy atom. The van der Waals surface area contributed by atoms with Gasteiger partial charge in [-0.1, -0.05) is 11.6 Å². The number of nitrogens with one attached hydrogen (secondary N) is 1. The van der Waals surface area contributed by atoms with Crippen molar-refractivity contribution in [1.29, 1.82) is 0 Å². The van der Waals surface area contributed by atoms with Crippen LogP contribution in [0.5, 0.6) is 0 Å². The smallest absolute Gasteiger partial charge is 0.292 e. The molecule has 0 amide bonds. The third kappa shape index (κ3) is 4.83. The van der Waals surface area contributed by atoms with Crippen molar-refractivity contribution in [2.75, 3.05) is 25.6 Å². The molecule has 7 heteroatoms. The van der Waals surface area contributed by atoms with Gasteiger partial charge < -0.3 is 14.8 Å². The predicted molar refractivity (Wildman–Crippen MR) is 85.6 cm³/mol. The molecule has 22 heavy (non-hydrogen) atoms. The van der Waals surface area contributed by atoms with Gasteiger partial charge in [0.05, 0.1) is 24.2 Å². The van der Waals surface area contributed by atoms with E-state index in [1.54, 1.807) is 13.2 Å². The number of hydrogen-bond donors (Lipinski definition) is 1. The average molecular weight is 329 g/mol. The summed E-state index contributed by atoms with van der Waals surface area (Å²) in [6.45, 7) is 1.15. The molecule has 0 saturated heterocycles. The Morgan fingerprint density at radius 3 is 2.95 bits per heavy atom. The summed E-state index contributed by atoms with van der Waals surface area (Å²) in [5.41, 5.74) is 0.520. The molecule has 0 bridgehead atoms. The molecule has 2 unspecified atom stereocenters. The molecule has 0 aliphatic heterocycles. The highest BCUT2D eigenvalue weighted by atomic mass is 35.5. The van der Waals surface area contributed by atoms with Gasteiger partial charge in [0.2, 0.25) is 0 Å². The summed E-state index contributed by atoms with van der Waals surface area (Å²) in [5.74, 6) is 0. The second-order valence-corrected chi connectivity index (χ2v) is 5.85. The fourth-order valence-electron chi connectivity index (χ4n) is 2.73. The van der Waals surface area contributed by atoms with Crippen molar-refractivity contribution >= 4 is 23.0 Å². The molecule has 1 aromatic rings. The maximum atomic E-state index is 11.1. The highest BCUT2D eigenvalue weighted by Gasteiger charge is 2.24. The van der Waals surface area contributed by atoms with Crippen molar-refractivity contribution in [1.82, 2.24) is 0 Å². The standard InChI is InChI=1S/C15H21ClN2O4/c1-21-7-8-22-13-4-2-3-12(10-13)17-14-9-11(16)5-6-15(14)18(19)20/h5-6,9,12-13,17H,2-4,7-8,10H2,1H3. The van der Waals surface area contributed by atoms with Crippen LogP contribution in [0, 0.1) is 10.1 Å². The molecule has 1 fully saturated rings. The molecule has 0 heterocycles. The summed E-state index contributed by atoms with van der Waals surface area (Å²) in [6, 6.07) is 4.72. The Kier molecular flexibility index (Phi) is 6.42. The van der Waals surface area contributed by atoms with E-state index < -0.39 is 4.92 Å². The molecular formula is C15H21ClN2O4. The Balaban J connectivity index is 1.98. The zero-order valence-corrected chi connectivity index (χ0v) is 13.3. The molecule has 2 atom stereocenters. The summed E-state index contributed by atoms with van der Waals surface area (Å²) in [6.07, 6.45) is 4.00. The summed E-state index contributed by atoms with van der Waals surface area (Å²) in [4.78, 5) is 10.7. The largest absolute Gasteiger partial charge is 0.382 e. The van der Waals surface area contributed by atoms with Crippen LogP contribution in [0.2, 0.25) is 5.02 Å². The van der Waals surface area contributed by atoms with Crippen molar-refractivity contribution in [3.8, 4) is 0 Å². The number of nitro groups is 1. The summed E-state index contributed by atoms with van der Waals surface area (Å²) >= 11 is 5.95. The molecule has 6 nitrogen and oxygen atoms in total. The van der Waals surface area contributed by atoms with Gasteiger partial charge in [-0.2, -0.15) is 0 Å². The lowest BCUT2D eigenvalue weighted by Crippen LogP contribution is -2.32. The van der Waals surface area contributed by atoms with Crippen LogP contribution in [-0.4, -0.2) is 37.4 Å². The SMILES string of the molecule is COCCOC1CCCC(Nc2cc(Cl)ccc2[N+](=O)[O-])C1. The monoisotopic (exact) mass is 328 g/mol. The van der Waals surface area contributed by atoms with E-state index in [-0.39, 0.29) is 17.8 Å². The van der Waals surface area contributed by atoms with Gasteiger partial charge in [0.25, 0.3) is 5.69 Å². The number of nitro benzene ring substituents is 1. The molecule has 1 N–H and O–H groups in total. The van der Waals surface area contributed by atoms with Gasteiger partial charge in [0, 0.05) is 24.2 Å². The third-order valence-electron chi connectivity index (χ3n) is 3.78. The van der Waals surface area contributed by atoms with Crippen LogP contribution >= 0.6 is 11.6 Å². The van der Waals surface area contributed by atoms with E-state index in [1.165, 1.54) is 12.1 Å². The minimum Gasteiger partial charge on any atom is -0.382 e. The predicted octanol–water partition coefficient (Wildman–Crippen LogP) is 3.63. The summed E-state index contributed by atoms with van der Waals surface area (Å²) in [5, 5.41) is 14.8. The van der Waals surface area contributed by atoms with Crippen LogP contribution in [0.1, 0.15) is 25.7 Å². The van der Waals surface area contributed by atoms with Crippen LogP contribution in [0.15, 0.2) is 18.2 Å². The van der Waals surface area contributed by atoms with E-state index in [9.17, 15) is 10.1 Å². The van der Waals surface area contributed by atoms with E-state index in [1.807, 2.05) is 0 Å². The zero-order chi connectivity index (χ0) is 15.9. The van der Waals surface area contributed by atoms with Gasteiger partial charge >= 0.3 is 0 Å². The van der Waals surface area contributed by atoms with Crippen LogP contribution in [0.25, 0.3) is 0 Å². The minimum absolute atomic E-state index is 0.0480. The molecule has 1 aliphatic rings. The van der Waals surface area contributed by atoms with E-state index in [4.69, 9.17) is 21.1 Å². The highest BCUT2D eigenvalue weighted by molar-refractivity contribution is 6.31. The van der Waals surface area contributed by atoms with Gasteiger partial charge in [-0.3, -0.25) is 10.1 Å². The Hall–Kier alpha value is -1.37. The molecule has 122 valence electrons. The molecule has 1 aliphatic carbocycles. The Bertz CT molecular complexity index is 512. The molecular weight excluding hydrogens is 308 g/mol. The highest BCUT2D eigenvalue weighted by Crippen LogP contribution is 2.31. The van der Waals surface area contributed by atoms with Gasteiger partial charge in [-0.25, -0.2) is 0 Å². The molecule has 1 aromatic carbocycles. The lowest BCUT2D eigenvalue weighted by molar-refractivity contribution is -0.384. The summed E-state index contributed by atoms with van der Waals surface area (Å²) < 4.78 is 10.7. The van der Waals surface area contributed by atoms with Crippen LogP contribution < -0.4 is 5.32 Å². The van der Waals surface area contributed by atoms with Gasteiger partial charge in [-0.15, -0.1) is 0 Å². The molecule has 0 spiro atoms. The first-order valence-corrected chi connectivity index (χ1v) is 7.79. The first-order chi connectivity index (χ1) is 10.6. The maximum Gasteiger partial charge on any atom is 0.292 e. The molecule has 1 saturated carbocycles. The second kappa shape index (κ2) is 8.31. The topological polar surface area (TPSA) is 73.6 Å². The number of nitrogens with zero attached hydrogens (tertiary/aromatic N) is 1. The average Bonchev–Trinajstić information content (AvgIpc) is 2.48. The van der Waals surface area contributed by atoms with Gasteiger partial charge in [0.1, 0.15) is 5.69 Å². The van der Waals surface area contributed by atoms with Crippen LogP contribution in [-0.2, 0) is 9.47 Å². The quantitative estimate of drug-likeness (QED) is 0.470. The Labute approximate surface area is 134 Å². The number of benzene rings is 1. The number of hydrogen-bond acceptors (Lipinski definition) is 5. The third-order valence-corrected chi connectivity index (χ3v) is 4.02. The first kappa shape index (κ1) is 17.0. The van der Waals surface area contributed by atoms with Crippen LogP contribution in [0.4, 0.5) is 11.4 Å². The number of halogens is 1. The lowest BCUT2D eigenvalue weighted by atomic mass is 9.92. The van der Waals surface area contributed by atoms with E-state index in [2.05, 4.69) is 5.32 Å². The van der Waals surface area contributed by atoms with E-state index in [0.29, 0.717) is 23.9 Å². The fraction of sp³-hybridized carbons (Fsp3) is 0.600. The van der Waals surface area contributed by atoms with E-state index >= 15 is 0 Å². The zero-order valence-electron chi connectivity index (χ0n) is 12.6. The summed E-state index contributed by atoms with van der Waals surface area (Å²) in [7, 11) is 1.65. The molecule has 2 rings (SSSR count). The normalized spacial score (nSPS) is 21.5. The van der Waals surface area contributed by atoms with Crippen molar-refractivity contribution in [2.45, 2.75) is 37.8 Å². The Morgan fingerprint density at radius 1 is 1.41 bits per heavy atom. The second-order valence-electron chi connectivity index (χ2n) is 5.41. The first-order valence-electron chi connectivity index (χ1n) is 7.41. The van der Waals surface area contributed by atoms with Crippen molar-refractivity contribution in [2.24, 2.45) is 0 Å². The lowest BCUT2D eigenvalue weighted by Gasteiger charge is -2.30. The number of rotatable bonds is 7. The van der Waals surface area contributed by atoms with Gasteiger partial charge in [-0.05, 0) is 37.8 Å². The van der Waals surface area contributed by atoms with Gasteiger partial charge in [0.15, 0.2) is 0 Å². The number of anilines is 1. The number of ether oxygens (including phenoxy) is 2. The van der Waals surface area contributed by atoms with Crippen molar-refractivity contribution < 1.29 is 14.4 Å².